The lowest BCUT2D eigenvalue weighted by atomic mass is 9.93. The van der Waals surface area contributed by atoms with Crippen molar-refractivity contribution in [3.05, 3.63) is 77.4 Å². The number of amides is 3. The topological polar surface area (TPSA) is 105 Å². The number of aromatic nitrogens is 2. The zero-order valence-corrected chi connectivity index (χ0v) is 21.4. The maximum atomic E-state index is 13.6. The fourth-order valence-corrected chi connectivity index (χ4v) is 5.06. The molecule has 2 aromatic carbocycles. The Morgan fingerprint density at radius 3 is 2.52 bits per heavy atom. The van der Waals surface area contributed by atoms with E-state index in [9.17, 15) is 37.1 Å². The molecule has 0 bridgehead atoms. The number of imide groups is 1. The molecule has 1 aromatic heterocycles. The predicted octanol–water partition coefficient (Wildman–Crippen LogP) is 3.82. The minimum atomic E-state index is -4.81. The summed E-state index contributed by atoms with van der Waals surface area (Å²) in [6.07, 6.45) is -4.14. The molecular weight excluding hydrogens is 536 g/mol. The number of hydrogen-bond donors (Lipinski definition) is 1. The molecule has 210 valence electrons. The van der Waals surface area contributed by atoms with E-state index in [0.717, 1.165) is 24.6 Å². The molecule has 1 spiro atoms. The van der Waals surface area contributed by atoms with E-state index in [1.165, 1.54) is 18.2 Å². The number of aliphatic hydroxyl groups is 1. The van der Waals surface area contributed by atoms with Gasteiger partial charge in [-0.3, -0.25) is 14.3 Å². The molecule has 1 N–H and O–H groups in total. The molecule has 2 aliphatic rings. The molecule has 3 amide bonds. The molecule has 1 aliphatic heterocycles. The van der Waals surface area contributed by atoms with E-state index >= 15 is 0 Å². The van der Waals surface area contributed by atoms with Gasteiger partial charge in [0, 0.05) is 37.3 Å². The molecule has 3 atom stereocenters. The van der Waals surface area contributed by atoms with Gasteiger partial charge >= 0.3 is 12.3 Å². The number of alkyl halides is 3. The van der Waals surface area contributed by atoms with Crippen LogP contribution in [-0.2, 0) is 33.5 Å². The normalized spacial score (nSPS) is 21.1. The summed E-state index contributed by atoms with van der Waals surface area (Å²) in [6, 6.07) is 7.15. The second kappa shape index (κ2) is 9.73. The lowest BCUT2D eigenvalue weighted by Gasteiger charge is -2.31. The van der Waals surface area contributed by atoms with Crippen LogP contribution in [0.1, 0.15) is 36.1 Å². The van der Waals surface area contributed by atoms with Crippen molar-refractivity contribution in [1.29, 1.82) is 0 Å². The number of carbonyl (C=O) groups excluding carboxylic acids is 3. The Labute approximate surface area is 225 Å². The fraction of sp³-hybridized carbons (Fsp3) is 0.333. The standard InChI is InChI=1S/C27H24F4N4O5/c1-15(27(29,30)31)34(12-16-3-6-19(28)7-4-16)23(37)14-35-24(38)26(40-25(35)39)10-22(36)20-9-17(5-8-21(20)26)18-11-32-33(2)13-18/h3-9,11,13,15,22,36H,10,12,14H2,1-2H3/t15-,22+,26-/m0/s1. The molecular formula is C27H24F4N4O5. The lowest BCUT2D eigenvalue weighted by molar-refractivity contribution is -0.187. The van der Waals surface area contributed by atoms with Crippen LogP contribution in [0.25, 0.3) is 11.1 Å². The van der Waals surface area contributed by atoms with Gasteiger partial charge in [-0.1, -0.05) is 24.3 Å². The van der Waals surface area contributed by atoms with Gasteiger partial charge < -0.3 is 14.7 Å². The highest BCUT2D eigenvalue weighted by Crippen LogP contribution is 2.50. The summed E-state index contributed by atoms with van der Waals surface area (Å²) in [7, 11) is 1.74. The summed E-state index contributed by atoms with van der Waals surface area (Å²) in [4.78, 5) is 40.5. The van der Waals surface area contributed by atoms with Crippen LogP contribution in [0.4, 0.5) is 22.4 Å². The van der Waals surface area contributed by atoms with Crippen molar-refractivity contribution in [2.75, 3.05) is 6.54 Å². The first-order valence-electron chi connectivity index (χ1n) is 12.3. The Balaban J connectivity index is 1.41. The molecule has 0 radical (unpaired) electrons. The Kier molecular flexibility index (Phi) is 6.65. The van der Waals surface area contributed by atoms with Crippen LogP contribution in [0.3, 0.4) is 0 Å². The third-order valence-electron chi connectivity index (χ3n) is 7.26. The lowest BCUT2D eigenvalue weighted by Crippen LogP contribution is -2.51. The Morgan fingerprint density at radius 2 is 1.90 bits per heavy atom. The summed E-state index contributed by atoms with van der Waals surface area (Å²) in [5, 5.41) is 14.9. The van der Waals surface area contributed by atoms with Gasteiger partial charge in [-0.25, -0.2) is 14.1 Å². The number of fused-ring (bicyclic) bond motifs is 2. The van der Waals surface area contributed by atoms with E-state index in [0.29, 0.717) is 20.9 Å². The smallest absolute Gasteiger partial charge is 0.418 e. The van der Waals surface area contributed by atoms with E-state index in [1.54, 1.807) is 36.3 Å². The third-order valence-corrected chi connectivity index (χ3v) is 7.26. The number of hydrogen-bond acceptors (Lipinski definition) is 6. The monoisotopic (exact) mass is 560 g/mol. The van der Waals surface area contributed by atoms with Crippen LogP contribution in [0.15, 0.2) is 54.9 Å². The summed E-state index contributed by atoms with van der Waals surface area (Å²) >= 11 is 0. The number of carbonyl (C=O) groups is 3. The van der Waals surface area contributed by atoms with Crippen LogP contribution < -0.4 is 0 Å². The highest BCUT2D eigenvalue weighted by atomic mass is 19.4. The van der Waals surface area contributed by atoms with Gasteiger partial charge in [0.2, 0.25) is 11.5 Å². The van der Waals surface area contributed by atoms with Crippen LogP contribution in [0.5, 0.6) is 0 Å². The molecule has 2 heterocycles. The van der Waals surface area contributed by atoms with Crippen molar-refractivity contribution < 1.29 is 41.8 Å². The first-order chi connectivity index (χ1) is 18.8. The average Bonchev–Trinajstić information content (AvgIpc) is 3.52. The van der Waals surface area contributed by atoms with E-state index in [4.69, 9.17) is 4.74 Å². The Hall–Kier alpha value is -4.26. The number of benzene rings is 2. The van der Waals surface area contributed by atoms with Crippen molar-refractivity contribution in [3.63, 3.8) is 0 Å². The zero-order chi connectivity index (χ0) is 29.0. The van der Waals surface area contributed by atoms with E-state index in [-0.39, 0.29) is 17.5 Å². The van der Waals surface area contributed by atoms with Gasteiger partial charge in [-0.15, -0.1) is 0 Å². The molecule has 13 heteroatoms. The number of aliphatic hydroxyl groups excluding tert-OH is 1. The maximum Gasteiger partial charge on any atom is 0.418 e. The van der Waals surface area contributed by atoms with Crippen LogP contribution in [0.2, 0.25) is 0 Å². The van der Waals surface area contributed by atoms with Crippen molar-refractivity contribution in [1.82, 2.24) is 19.6 Å². The van der Waals surface area contributed by atoms with Crippen LogP contribution in [-0.4, -0.2) is 61.4 Å². The average molecular weight is 561 g/mol. The minimum Gasteiger partial charge on any atom is -0.427 e. The van der Waals surface area contributed by atoms with Crippen molar-refractivity contribution in [3.8, 4) is 11.1 Å². The molecule has 0 saturated carbocycles. The van der Waals surface area contributed by atoms with Gasteiger partial charge in [0.25, 0.3) is 5.91 Å². The number of ether oxygens (including phenoxy) is 1. The zero-order valence-electron chi connectivity index (χ0n) is 21.4. The van der Waals surface area contributed by atoms with Crippen LogP contribution in [0, 0.1) is 5.82 Å². The van der Waals surface area contributed by atoms with E-state index < -0.39 is 60.7 Å². The number of nitrogens with zero attached hydrogens (tertiary/aromatic N) is 4. The first kappa shape index (κ1) is 27.3. The van der Waals surface area contributed by atoms with Gasteiger partial charge in [-0.2, -0.15) is 18.3 Å². The van der Waals surface area contributed by atoms with Crippen molar-refractivity contribution in [2.45, 2.75) is 43.8 Å². The summed E-state index contributed by atoms with van der Waals surface area (Å²) in [5.74, 6) is -2.73. The van der Waals surface area contributed by atoms with Gasteiger partial charge in [0.15, 0.2) is 0 Å². The van der Waals surface area contributed by atoms with E-state index in [1.807, 2.05) is 0 Å². The molecule has 9 nitrogen and oxygen atoms in total. The molecule has 40 heavy (non-hydrogen) atoms. The minimum absolute atomic E-state index is 0.218. The molecule has 3 aromatic rings. The third kappa shape index (κ3) is 4.70. The van der Waals surface area contributed by atoms with Crippen molar-refractivity contribution in [2.24, 2.45) is 7.05 Å². The fourth-order valence-electron chi connectivity index (χ4n) is 5.06. The largest absolute Gasteiger partial charge is 0.427 e. The quantitative estimate of drug-likeness (QED) is 0.460. The highest BCUT2D eigenvalue weighted by molar-refractivity contribution is 6.06. The molecule has 5 rings (SSSR count). The number of aryl methyl sites for hydroxylation is 1. The van der Waals surface area contributed by atoms with Crippen LogP contribution >= 0.6 is 0 Å². The van der Waals surface area contributed by atoms with Gasteiger partial charge in [0.1, 0.15) is 18.4 Å². The van der Waals surface area contributed by atoms with Gasteiger partial charge in [-0.05, 0) is 41.8 Å². The summed E-state index contributed by atoms with van der Waals surface area (Å²) in [5.41, 5.74) is 0.323. The Morgan fingerprint density at radius 1 is 1.20 bits per heavy atom. The van der Waals surface area contributed by atoms with Crippen molar-refractivity contribution >= 4 is 17.9 Å². The first-order valence-corrected chi connectivity index (χ1v) is 12.3. The summed E-state index contributed by atoms with van der Waals surface area (Å²) in [6.45, 7) is -0.780. The molecule has 0 unspecified atom stereocenters. The second-order valence-corrected chi connectivity index (χ2v) is 9.88. The van der Waals surface area contributed by atoms with Gasteiger partial charge in [0.05, 0.1) is 12.3 Å². The SMILES string of the molecule is C[C@H](N(Cc1ccc(F)cc1)C(=O)CN1C(=O)O[C@]2(C[C@@H](O)c3cc(-c4cnn(C)c4)ccc32)C1=O)C(F)(F)F. The second-order valence-electron chi connectivity index (χ2n) is 9.88. The molecule has 1 fully saturated rings. The summed E-state index contributed by atoms with van der Waals surface area (Å²) < 4.78 is 61.3. The molecule has 1 saturated heterocycles. The highest BCUT2D eigenvalue weighted by Gasteiger charge is 2.61. The number of halogens is 4. The molecule has 1 aliphatic carbocycles. The number of rotatable bonds is 6. The predicted molar refractivity (Wildman–Crippen MR) is 131 cm³/mol. The van der Waals surface area contributed by atoms with E-state index in [2.05, 4.69) is 5.10 Å². The maximum absolute atomic E-state index is 13.6. The Bertz CT molecular complexity index is 1490.